The van der Waals surface area contributed by atoms with Crippen molar-refractivity contribution in [2.24, 2.45) is 0 Å². The Morgan fingerprint density at radius 1 is 1.33 bits per heavy atom. The monoisotopic (exact) mass is 267 g/mol. The molecule has 1 heterocycles. The highest BCUT2D eigenvalue weighted by molar-refractivity contribution is 6.32. The summed E-state index contributed by atoms with van der Waals surface area (Å²) in [5.74, 6) is 0.230. The lowest BCUT2D eigenvalue weighted by molar-refractivity contribution is 0.198. The van der Waals surface area contributed by atoms with Gasteiger partial charge in [-0.3, -0.25) is 0 Å². The van der Waals surface area contributed by atoms with E-state index in [2.05, 4.69) is 4.98 Å². The number of aliphatic hydroxyl groups excluding tert-OH is 1. The number of benzene rings is 1. The van der Waals surface area contributed by atoms with Crippen molar-refractivity contribution in [1.29, 1.82) is 0 Å². The molecule has 1 atom stereocenters. The van der Waals surface area contributed by atoms with Crippen molar-refractivity contribution in [2.75, 3.05) is 0 Å². The fourth-order valence-electron chi connectivity index (χ4n) is 1.37. The van der Waals surface area contributed by atoms with Gasteiger partial charge in [-0.2, -0.15) is 0 Å². The summed E-state index contributed by atoms with van der Waals surface area (Å²) in [6.45, 7) is 1.65. The number of hydrogen-bond acceptors (Lipinski definition) is 3. The second-order valence-corrected chi connectivity index (χ2v) is 4.19. The van der Waals surface area contributed by atoms with E-state index in [0.717, 1.165) is 0 Å². The van der Waals surface area contributed by atoms with Crippen LogP contribution in [0, 0.1) is 5.82 Å². The SMILES string of the molecule is CC(O)c1ccc(Oc2ccc(F)cc2Cl)nc1. The molecule has 0 aliphatic carbocycles. The average Bonchev–Trinajstić information content (AvgIpc) is 2.33. The van der Waals surface area contributed by atoms with E-state index >= 15 is 0 Å². The van der Waals surface area contributed by atoms with Crippen LogP contribution in [0.2, 0.25) is 5.02 Å². The third-order valence-corrected chi connectivity index (χ3v) is 2.65. The van der Waals surface area contributed by atoms with Crippen LogP contribution >= 0.6 is 11.6 Å². The van der Waals surface area contributed by atoms with Gasteiger partial charge in [0.2, 0.25) is 5.88 Å². The van der Waals surface area contributed by atoms with Crippen molar-refractivity contribution >= 4 is 11.6 Å². The number of aromatic nitrogens is 1. The predicted molar refractivity (Wildman–Crippen MR) is 66.4 cm³/mol. The van der Waals surface area contributed by atoms with Crippen molar-refractivity contribution in [3.8, 4) is 11.6 Å². The van der Waals surface area contributed by atoms with Crippen LogP contribution in [0.15, 0.2) is 36.5 Å². The van der Waals surface area contributed by atoms with Crippen molar-refractivity contribution in [3.05, 3.63) is 52.9 Å². The highest BCUT2D eigenvalue weighted by atomic mass is 35.5. The highest BCUT2D eigenvalue weighted by Crippen LogP contribution is 2.29. The fraction of sp³-hybridized carbons (Fsp3) is 0.154. The molecule has 0 fully saturated rings. The molecule has 5 heteroatoms. The van der Waals surface area contributed by atoms with Gasteiger partial charge < -0.3 is 9.84 Å². The maximum Gasteiger partial charge on any atom is 0.219 e. The van der Waals surface area contributed by atoms with Crippen molar-refractivity contribution < 1.29 is 14.2 Å². The summed E-state index contributed by atoms with van der Waals surface area (Å²) in [5, 5.41) is 9.51. The molecule has 3 nitrogen and oxygen atoms in total. The molecule has 18 heavy (non-hydrogen) atoms. The van der Waals surface area contributed by atoms with E-state index in [0.29, 0.717) is 17.2 Å². The number of rotatable bonds is 3. The van der Waals surface area contributed by atoms with Gasteiger partial charge in [0, 0.05) is 12.3 Å². The molecule has 0 radical (unpaired) electrons. The molecule has 0 amide bonds. The van der Waals surface area contributed by atoms with Crippen LogP contribution in [0.5, 0.6) is 11.6 Å². The molecule has 0 saturated carbocycles. The fourth-order valence-corrected chi connectivity index (χ4v) is 1.58. The standard InChI is InChI=1S/C13H11ClFNO2/c1-8(17)9-2-5-13(16-7-9)18-12-4-3-10(15)6-11(12)14/h2-8,17H,1H3. The Hall–Kier alpha value is -1.65. The number of ether oxygens (including phenoxy) is 1. The summed E-state index contributed by atoms with van der Waals surface area (Å²) in [6, 6.07) is 7.17. The van der Waals surface area contributed by atoms with Crippen LogP contribution in [0.3, 0.4) is 0 Å². The molecular formula is C13H11ClFNO2. The second kappa shape index (κ2) is 5.33. The van der Waals surface area contributed by atoms with E-state index in [1.165, 1.54) is 24.4 Å². The maximum absolute atomic E-state index is 12.8. The Morgan fingerprint density at radius 2 is 2.11 bits per heavy atom. The zero-order valence-corrected chi connectivity index (χ0v) is 10.4. The Balaban J connectivity index is 2.18. The minimum Gasteiger partial charge on any atom is -0.437 e. The second-order valence-electron chi connectivity index (χ2n) is 3.78. The molecule has 0 spiro atoms. The summed E-state index contributed by atoms with van der Waals surface area (Å²) in [6.07, 6.45) is 0.929. The van der Waals surface area contributed by atoms with Gasteiger partial charge in [0.25, 0.3) is 0 Å². The topological polar surface area (TPSA) is 42.4 Å². The Kier molecular flexibility index (Phi) is 3.79. The van der Waals surface area contributed by atoms with E-state index in [9.17, 15) is 9.50 Å². The number of aliphatic hydroxyl groups is 1. The third kappa shape index (κ3) is 2.97. The quantitative estimate of drug-likeness (QED) is 0.922. The van der Waals surface area contributed by atoms with Crippen LogP contribution in [0.1, 0.15) is 18.6 Å². The minimum atomic E-state index is -0.582. The molecule has 2 rings (SSSR count). The molecule has 1 N–H and O–H groups in total. The molecule has 0 aliphatic heterocycles. The molecule has 0 bridgehead atoms. The van der Waals surface area contributed by atoms with E-state index in [1.54, 1.807) is 19.1 Å². The summed E-state index contributed by atoms with van der Waals surface area (Å²) in [5.41, 5.74) is 0.688. The Labute approximate surface area is 109 Å². The molecule has 0 aliphatic rings. The van der Waals surface area contributed by atoms with Crippen LogP contribution in [0.25, 0.3) is 0 Å². The first-order valence-electron chi connectivity index (χ1n) is 5.33. The summed E-state index contributed by atoms with van der Waals surface area (Å²) >= 11 is 5.83. The molecule has 0 saturated heterocycles. The summed E-state index contributed by atoms with van der Waals surface area (Å²) in [4.78, 5) is 4.02. The molecule has 1 aromatic carbocycles. The number of pyridine rings is 1. The first-order chi connectivity index (χ1) is 8.56. The van der Waals surface area contributed by atoms with Crippen LogP contribution in [0.4, 0.5) is 4.39 Å². The van der Waals surface area contributed by atoms with Gasteiger partial charge in [-0.1, -0.05) is 11.6 Å². The minimum absolute atomic E-state index is 0.177. The normalized spacial score (nSPS) is 12.2. The van der Waals surface area contributed by atoms with E-state index < -0.39 is 11.9 Å². The molecule has 1 unspecified atom stereocenters. The number of hydrogen-bond donors (Lipinski definition) is 1. The number of nitrogens with zero attached hydrogens (tertiary/aromatic N) is 1. The van der Waals surface area contributed by atoms with Gasteiger partial charge in [-0.25, -0.2) is 9.37 Å². The largest absolute Gasteiger partial charge is 0.437 e. The first-order valence-corrected chi connectivity index (χ1v) is 5.71. The number of halogens is 2. The van der Waals surface area contributed by atoms with E-state index in [-0.39, 0.29) is 5.02 Å². The van der Waals surface area contributed by atoms with Gasteiger partial charge in [0.1, 0.15) is 11.6 Å². The highest BCUT2D eigenvalue weighted by Gasteiger charge is 2.06. The van der Waals surface area contributed by atoms with Crippen LogP contribution in [-0.2, 0) is 0 Å². The zero-order chi connectivity index (χ0) is 13.1. The van der Waals surface area contributed by atoms with Crippen LogP contribution < -0.4 is 4.74 Å². The van der Waals surface area contributed by atoms with Gasteiger partial charge in [-0.05, 0) is 36.8 Å². The Bertz CT molecular complexity index is 543. The van der Waals surface area contributed by atoms with Crippen molar-refractivity contribution in [2.45, 2.75) is 13.0 Å². The van der Waals surface area contributed by atoms with Gasteiger partial charge in [-0.15, -0.1) is 0 Å². The smallest absolute Gasteiger partial charge is 0.219 e. The molecule has 94 valence electrons. The first kappa shape index (κ1) is 12.8. The van der Waals surface area contributed by atoms with Gasteiger partial charge in [0.15, 0.2) is 0 Å². The van der Waals surface area contributed by atoms with E-state index in [1.807, 2.05) is 0 Å². The zero-order valence-electron chi connectivity index (χ0n) is 9.60. The third-order valence-electron chi connectivity index (χ3n) is 2.35. The predicted octanol–water partition coefficient (Wildman–Crippen LogP) is 3.72. The summed E-state index contributed by atoms with van der Waals surface area (Å²) in [7, 11) is 0. The average molecular weight is 268 g/mol. The lowest BCUT2D eigenvalue weighted by atomic mass is 10.2. The lowest BCUT2D eigenvalue weighted by Crippen LogP contribution is -1.94. The molecule has 2 aromatic rings. The van der Waals surface area contributed by atoms with Crippen molar-refractivity contribution in [3.63, 3.8) is 0 Å². The van der Waals surface area contributed by atoms with Gasteiger partial charge in [0.05, 0.1) is 11.1 Å². The van der Waals surface area contributed by atoms with E-state index in [4.69, 9.17) is 16.3 Å². The van der Waals surface area contributed by atoms with Crippen molar-refractivity contribution in [1.82, 2.24) is 4.98 Å². The maximum atomic E-state index is 12.8. The van der Waals surface area contributed by atoms with Gasteiger partial charge >= 0.3 is 0 Å². The molecular weight excluding hydrogens is 257 g/mol. The van der Waals surface area contributed by atoms with Crippen LogP contribution in [-0.4, -0.2) is 10.1 Å². The summed E-state index contributed by atoms with van der Waals surface area (Å²) < 4.78 is 18.3. The molecule has 1 aromatic heterocycles. The Morgan fingerprint density at radius 3 is 2.67 bits per heavy atom. The lowest BCUT2D eigenvalue weighted by Gasteiger charge is -2.08.